The third-order valence-electron chi connectivity index (χ3n) is 3.83. The summed E-state index contributed by atoms with van der Waals surface area (Å²) in [5, 5.41) is 9.22. The Balaban J connectivity index is 2.29. The molecule has 0 aromatic heterocycles. The summed E-state index contributed by atoms with van der Waals surface area (Å²) >= 11 is 0. The number of carbonyl (C=O) groups is 2. The van der Waals surface area contributed by atoms with Gasteiger partial charge in [-0.15, -0.1) is 0 Å². The summed E-state index contributed by atoms with van der Waals surface area (Å²) in [6.45, 7) is 1.91. The average molecular weight is 308 g/mol. The Kier molecular flexibility index (Phi) is 3.98. The second kappa shape index (κ2) is 6.08. The van der Waals surface area contributed by atoms with E-state index >= 15 is 0 Å². The van der Waals surface area contributed by atoms with Crippen molar-refractivity contribution >= 4 is 17.5 Å². The number of ether oxygens (including phenoxy) is 1. The maximum Gasteiger partial charge on any atom is 0.335 e. The number of hydrogen-bond acceptors (Lipinski definition) is 3. The van der Waals surface area contributed by atoms with Crippen molar-refractivity contribution in [2.24, 2.45) is 0 Å². The molecule has 1 aliphatic rings. The Morgan fingerprint density at radius 2 is 1.39 bits per heavy atom. The number of fused-ring (bicyclic) bond motifs is 3. The fourth-order valence-electron chi connectivity index (χ4n) is 2.97. The fraction of sp³-hybridized carbons (Fsp3) is 0.158. The Hall–Kier alpha value is -2.88. The van der Waals surface area contributed by atoms with Crippen LogP contribution >= 0.6 is 0 Å². The third kappa shape index (κ3) is 2.63. The first-order chi connectivity index (χ1) is 11.1. The van der Waals surface area contributed by atoms with Crippen molar-refractivity contribution in [1.82, 2.24) is 0 Å². The monoisotopic (exact) mass is 308 g/mol. The first-order valence-electron chi connectivity index (χ1n) is 7.44. The predicted octanol–water partition coefficient (Wildman–Crippen LogP) is 3.51. The lowest BCUT2D eigenvalue weighted by molar-refractivity contribution is -0.142. The van der Waals surface area contributed by atoms with Gasteiger partial charge < -0.3 is 9.84 Å². The zero-order valence-corrected chi connectivity index (χ0v) is 12.7. The van der Waals surface area contributed by atoms with Crippen molar-refractivity contribution in [2.45, 2.75) is 13.3 Å². The highest BCUT2D eigenvalue weighted by molar-refractivity contribution is 6.11. The van der Waals surface area contributed by atoms with Gasteiger partial charge in [-0.05, 0) is 29.2 Å². The molecule has 1 N–H and O–H groups in total. The molecule has 4 nitrogen and oxygen atoms in total. The number of carboxylic acids is 1. The summed E-state index contributed by atoms with van der Waals surface area (Å²) in [7, 11) is 0. The molecule has 2 aromatic rings. The smallest absolute Gasteiger partial charge is 0.335 e. The van der Waals surface area contributed by atoms with Gasteiger partial charge in [0.15, 0.2) is 0 Å². The van der Waals surface area contributed by atoms with Crippen molar-refractivity contribution in [3.8, 4) is 11.1 Å². The number of esters is 1. The van der Waals surface area contributed by atoms with E-state index in [1.807, 2.05) is 48.5 Å². The van der Waals surface area contributed by atoms with Gasteiger partial charge in [0.1, 0.15) is 0 Å². The molecule has 116 valence electrons. The predicted molar refractivity (Wildman–Crippen MR) is 86.8 cm³/mol. The van der Waals surface area contributed by atoms with Gasteiger partial charge in [0.05, 0.1) is 18.6 Å². The van der Waals surface area contributed by atoms with Gasteiger partial charge in [-0.2, -0.15) is 0 Å². The molecule has 2 aromatic carbocycles. The number of rotatable bonds is 4. The largest absolute Gasteiger partial charge is 0.481 e. The highest BCUT2D eigenvalue weighted by atomic mass is 16.5. The van der Waals surface area contributed by atoms with Crippen molar-refractivity contribution in [3.63, 3.8) is 0 Å². The normalized spacial score (nSPS) is 11.6. The van der Waals surface area contributed by atoms with Crippen LogP contribution in [-0.4, -0.2) is 23.7 Å². The molecule has 0 unspecified atom stereocenters. The maximum atomic E-state index is 12.3. The molecule has 3 rings (SSSR count). The van der Waals surface area contributed by atoms with Crippen molar-refractivity contribution in [3.05, 3.63) is 65.2 Å². The highest BCUT2D eigenvalue weighted by Crippen LogP contribution is 2.45. The molecule has 0 bridgehead atoms. The molecule has 0 spiro atoms. The van der Waals surface area contributed by atoms with Crippen molar-refractivity contribution in [2.75, 3.05) is 6.61 Å². The number of benzene rings is 2. The summed E-state index contributed by atoms with van der Waals surface area (Å²) in [4.78, 5) is 23.6. The Labute approximate surface area is 134 Å². The molecule has 23 heavy (non-hydrogen) atoms. The molecular formula is C19H16O4. The molecule has 0 amide bonds. The van der Waals surface area contributed by atoms with E-state index in [2.05, 4.69) is 0 Å². The summed E-state index contributed by atoms with van der Waals surface area (Å²) in [5.74, 6) is -1.63. The van der Waals surface area contributed by atoms with Crippen LogP contribution in [0.15, 0.2) is 54.1 Å². The highest BCUT2D eigenvalue weighted by Gasteiger charge is 2.29. The molecule has 0 fully saturated rings. The molecule has 4 heteroatoms. The fourth-order valence-corrected chi connectivity index (χ4v) is 2.97. The topological polar surface area (TPSA) is 63.6 Å². The lowest BCUT2D eigenvalue weighted by atomic mass is 9.96. The minimum atomic E-state index is -1.05. The molecular weight excluding hydrogens is 292 g/mol. The summed E-state index contributed by atoms with van der Waals surface area (Å²) < 4.78 is 5.09. The summed E-state index contributed by atoms with van der Waals surface area (Å²) in [6.07, 6.45) is -0.364. The van der Waals surface area contributed by atoms with Crippen LogP contribution in [-0.2, 0) is 14.3 Å². The lowest BCUT2D eigenvalue weighted by Crippen LogP contribution is -2.13. The van der Waals surface area contributed by atoms with E-state index in [0.29, 0.717) is 5.57 Å². The molecule has 0 aliphatic heterocycles. The lowest BCUT2D eigenvalue weighted by Gasteiger charge is -2.11. The number of carboxylic acid groups (broad SMARTS) is 1. The standard InChI is InChI=1S/C19H16O4/c1-2-23-19(22)16(11-17(20)21)18-14-9-5-3-7-12(14)13-8-4-6-10-15(13)18/h3-10H,2,11H2,1H3,(H,20,21). The van der Waals surface area contributed by atoms with Crippen LogP contribution in [0, 0.1) is 0 Å². The van der Waals surface area contributed by atoms with Gasteiger partial charge in [0.25, 0.3) is 0 Å². The van der Waals surface area contributed by atoms with Gasteiger partial charge in [-0.25, -0.2) is 4.79 Å². The molecule has 0 saturated heterocycles. The zero-order valence-electron chi connectivity index (χ0n) is 12.7. The van der Waals surface area contributed by atoms with Crippen molar-refractivity contribution < 1.29 is 19.4 Å². The van der Waals surface area contributed by atoms with Gasteiger partial charge in [0, 0.05) is 5.57 Å². The molecule has 0 heterocycles. The van der Waals surface area contributed by atoms with Crippen molar-refractivity contribution in [1.29, 1.82) is 0 Å². The SMILES string of the molecule is CCOC(=O)C(CC(=O)O)=C1c2ccccc2-c2ccccc21. The Bertz CT molecular complexity index is 770. The van der Waals surface area contributed by atoms with Gasteiger partial charge in [0.2, 0.25) is 0 Å². The third-order valence-corrected chi connectivity index (χ3v) is 3.83. The van der Waals surface area contributed by atoms with Crippen LogP contribution in [0.2, 0.25) is 0 Å². The van der Waals surface area contributed by atoms with Crippen LogP contribution in [0.5, 0.6) is 0 Å². The van der Waals surface area contributed by atoms with E-state index in [-0.39, 0.29) is 18.6 Å². The molecule has 0 radical (unpaired) electrons. The average Bonchev–Trinajstić information content (AvgIpc) is 2.87. The van der Waals surface area contributed by atoms with E-state index < -0.39 is 11.9 Å². The Morgan fingerprint density at radius 1 is 0.913 bits per heavy atom. The van der Waals surface area contributed by atoms with Crippen LogP contribution in [0.3, 0.4) is 0 Å². The van der Waals surface area contributed by atoms with Gasteiger partial charge in [-0.3, -0.25) is 4.79 Å². The quantitative estimate of drug-likeness (QED) is 0.592. The Morgan fingerprint density at radius 3 is 1.83 bits per heavy atom. The van der Waals surface area contributed by atoms with Crippen LogP contribution in [0.25, 0.3) is 16.7 Å². The molecule has 1 aliphatic carbocycles. The number of hydrogen-bond donors (Lipinski definition) is 1. The van der Waals surface area contributed by atoms with E-state index in [1.54, 1.807) is 6.92 Å². The second-order valence-electron chi connectivity index (χ2n) is 5.24. The van der Waals surface area contributed by atoms with Crippen LogP contribution < -0.4 is 0 Å². The van der Waals surface area contributed by atoms with E-state index in [9.17, 15) is 14.7 Å². The van der Waals surface area contributed by atoms with E-state index in [4.69, 9.17) is 4.74 Å². The van der Waals surface area contributed by atoms with E-state index in [0.717, 1.165) is 22.3 Å². The zero-order chi connectivity index (χ0) is 16.4. The van der Waals surface area contributed by atoms with Crippen LogP contribution in [0.4, 0.5) is 0 Å². The summed E-state index contributed by atoms with van der Waals surface area (Å²) in [6, 6.07) is 15.4. The maximum absolute atomic E-state index is 12.3. The van der Waals surface area contributed by atoms with Gasteiger partial charge >= 0.3 is 11.9 Å². The number of carbonyl (C=O) groups excluding carboxylic acids is 1. The molecule has 0 saturated carbocycles. The first-order valence-corrected chi connectivity index (χ1v) is 7.44. The first kappa shape index (κ1) is 15.0. The second-order valence-corrected chi connectivity index (χ2v) is 5.24. The van der Waals surface area contributed by atoms with Gasteiger partial charge in [-0.1, -0.05) is 48.5 Å². The number of aliphatic carboxylic acids is 1. The summed E-state index contributed by atoms with van der Waals surface area (Å²) in [5.41, 5.74) is 4.61. The van der Waals surface area contributed by atoms with Crippen LogP contribution in [0.1, 0.15) is 24.5 Å². The minimum absolute atomic E-state index is 0.191. The van der Waals surface area contributed by atoms with E-state index in [1.165, 1.54) is 0 Å². The molecule has 0 atom stereocenters. The minimum Gasteiger partial charge on any atom is -0.481 e.